The standard InChI is InChI=1S/C17H23N5O2/c1-12-8-16(21-17(20-12)18-6-7-22(2)3)19-10-13-4-5-14-15(9-13)24-11-23-14/h4-5,8-9H,6-7,10-11H2,1-3H3,(H2,18,19,20,21). The first-order chi connectivity index (χ1) is 11.6. The second-order valence-corrected chi connectivity index (χ2v) is 5.99. The molecule has 7 heteroatoms. The van der Waals surface area contributed by atoms with Crippen LogP contribution in [0.5, 0.6) is 11.5 Å². The third-order valence-corrected chi connectivity index (χ3v) is 3.61. The van der Waals surface area contributed by atoms with Gasteiger partial charge in [0, 0.05) is 31.4 Å². The van der Waals surface area contributed by atoms with Crippen LogP contribution in [-0.4, -0.2) is 48.8 Å². The van der Waals surface area contributed by atoms with E-state index in [0.717, 1.165) is 41.7 Å². The van der Waals surface area contributed by atoms with Crippen molar-refractivity contribution in [1.29, 1.82) is 0 Å². The summed E-state index contributed by atoms with van der Waals surface area (Å²) in [5.41, 5.74) is 2.03. The molecule has 0 saturated carbocycles. The van der Waals surface area contributed by atoms with Crippen molar-refractivity contribution in [3.05, 3.63) is 35.5 Å². The normalized spacial score (nSPS) is 12.5. The number of nitrogens with one attached hydrogen (secondary N) is 2. The average molecular weight is 329 g/mol. The highest BCUT2D eigenvalue weighted by molar-refractivity contribution is 5.47. The molecule has 0 bridgehead atoms. The average Bonchev–Trinajstić information content (AvgIpc) is 3.00. The quantitative estimate of drug-likeness (QED) is 0.806. The fourth-order valence-electron chi connectivity index (χ4n) is 2.37. The minimum atomic E-state index is 0.291. The van der Waals surface area contributed by atoms with Crippen LogP contribution in [0.15, 0.2) is 24.3 Å². The van der Waals surface area contributed by atoms with Crippen LogP contribution in [-0.2, 0) is 6.54 Å². The number of anilines is 2. The molecule has 3 rings (SSSR count). The van der Waals surface area contributed by atoms with Crippen LogP contribution in [0.4, 0.5) is 11.8 Å². The number of aromatic nitrogens is 2. The molecule has 1 aromatic heterocycles. The predicted octanol–water partition coefficient (Wildman–Crippen LogP) is 2.10. The number of fused-ring (bicyclic) bond motifs is 1. The molecule has 0 aliphatic carbocycles. The van der Waals surface area contributed by atoms with E-state index >= 15 is 0 Å². The maximum absolute atomic E-state index is 5.40. The zero-order chi connectivity index (χ0) is 16.9. The van der Waals surface area contributed by atoms with Crippen LogP contribution in [0.3, 0.4) is 0 Å². The van der Waals surface area contributed by atoms with Crippen molar-refractivity contribution in [2.75, 3.05) is 44.6 Å². The van der Waals surface area contributed by atoms with Crippen LogP contribution < -0.4 is 20.1 Å². The molecule has 2 heterocycles. The monoisotopic (exact) mass is 329 g/mol. The van der Waals surface area contributed by atoms with Gasteiger partial charge in [-0.25, -0.2) is 4.98 Å². The minimum Gasteiger partial charge on any atom is -0.454 e. The van der Waals surface area contributed by atoms with Crippen molar-refractivity contribution < 1.29 is 9.47 Å². The fourth-order valence-corrected chi connectivity index (χ4v) is 2.37. The van der Waals surface area contributed by atoms with E-state index in [-0.39, 0.29) is 0 Å². The third kappa shape index (κ3) is 4.26. The molecule has 1 aliphatic rings. The van der Waals surface area contributed by atoms with Gasteiger partial charge in [0.1, 0.15) is 5.82 Å². The summed E-state index contributed by atoms with van der Waals surface area (Å²) in [6, 6.07) is 7.87. The Kier molecular flexibility index (Phi) is 5.00. The van der Waals surface area contributed by atoms with E-state index < -0.39 is 0 Å². The van der Waals surface area contributed by atoms with Gasteiger partial charge in [0.25, 0.3) is 0 Å². The third-order valence-electron chi connectivity index (χ3n) is 3.61. The predicted molar refractivity (Wildman–Crippen MR) is 93.7 cm³/mol. The molecule has 0 unspecified atom stereocenters. The molecule has 7 nitrogen and oxygen atoms in total. The smallest absolute Gasteiger partial charge is 0.231 e. The minimum absolute atomic E-state index is 0.291. The largest absolute Gasteiger partial charge is 0.454 e. The molecule has 0 saturated heterocycles. The van der Waals surface area contributed by atoms with Crippen molar-refractivity contribution in [1.82, 2.24) is 14.9 Å². The lowest BCUT2D eigenvalue weighted by Gasteiger charge is -2.12. The van der Waals surface area contributed by atoms with E-state index in [1.54, 1.807) is 0 Å². The molecule has 0 atom stereocenters. The first-order valence-corrected chi connectivity index (χ1v) is 7.97. The lowest BCUT2D eigenvalue weighted by atomic mass is 10.2. The van der Waals surface area contributed by atoms with Gasteiger partial charge in [-0.1, -0.05) is 6.07 Å². The molecule has 0 spiro atoms. The lowest BCUT2D eigenvalue weighted by Crippen LogP contribution is -2.21. The molecule has 2 aromatic rings. The summed E-state index contributed by atoms with van der Waals surface area (Å²) in [4.78, 5) is 11.0. The Hall–Kier alpha value is -2.54. The van der Waals surface area contributed by atoms with E-state index in [1.165, 1.54) is 0 Å². The van der Waals surface area contributed by atoms with E-state index in [4.69, 9.17) is 9.47 Å². The number of ether oxygens (including phenoxy) is 2. The summed E-state index contributed by atoms with van der Waals surface area (Å²) in [5.74, 6) is 3.03. The highest BCUT2D eigenvalue weighted by atomic mass is 16.7. The van der Waals surface area contributed by atoms with Crippen molar-refractivity contribution >= 4 is 11.8 Å². The molecule has 24 heavy (non-hydrogen) atoms. The molecule has 0 fully saturated rings. The van der Waals surface area contributed by atoms with Gasteiger partial charge < -0.3 is 25.0 Å². The second-order valence-electron chi connectivity index (χ2n) is 5.99. The van der Waals surface area contributed by atoms with Crippen LogP contribution in [0.2, 0.25) is 0 Å². The first-order valence-electron chi connectivity index (χ1n) is 7.97. The van der Waals surface area contributed by atoms with Gasteiger partial charge >= 0.3 is 0 Å². The SMILES string of the molecule is Cc1cc(NCc2ccc3c(c2)OCO3)nc(NCCN(C)C)n1. The molecular formula is C17H23N5O2. The summed E-state index contributed by atoms with van der Waals surface area (Å²) in [5, 5.41) is 6.58. The highest BCUT2D eigenvalue weighted by Gasteiger charge is 2.13. The molecule has 0 amide bonds. The van der Waals surface area contributed by atoms with Crippen molar-refractivity contribution in [3.8, 4) is 11.5 Å². The van der Waals surface area contributed by atoms with Crippen LogP contribution >= 0.6 is 0 Å². The number of hydrogen-bond donors (Lipinski definition) is 2. The topological polar surface area (TPSA) is 71.5 Å². The van der Waals surface area contributed by atoms with Gasteiger partial charge in [-0.3, -0.25) is 0 Å². The van der Waals surface area contributed by atoms with Gasteiger partial charge in [0.15, 0.2) is 11.5 Å². The number of aryl methyl sites for hydroxylation is 1. The van der Waals surface area contributed by atoms with Crippen LogP contribution in [0.25, 0.3) is 0 Å². The van der Waals surface area contributed by atoms with Crippen molar-refractivity contribution in [2.45, 2.75) is 13.5 Å². The number of nitrogens with zero attached hydrogens (tertiary/aromatic N) is 3. The molecule has 1 aliphatic heterocycles. The molecule has 0 radical (unpaired) electrons. The zero-order valence-corrected chi connectivity index (χ0v) is 14.3. The van der Waals surface area contributed by atoms with Gasteiger partial charge in [0.2, 0.25) is 12.7 Å². The van der Waals surface area contributed by atoms with Gasteiger partial charge in [-0.05, 0) is 38.7 Å². The molecule has 2 N–H and O–H groups in total. The van der Waals surface area contributed by atoms with Crippen LogP contribution in [0.1, 0.15) is 11.3 Å². The Bertz CT molecular complexity index is 705. The summed E-state index contributed by atoms with van der Waals surface area (Å²) < 4.78 is 10.7. The van der Waals surface area contributed by atoms with E-state index in [1.807, 2.05) is 45.3 Å². The summed E-state index contributed by atoms with van der Waals surface area (Å²) >= 11 is 0. The maximum atomic E-state index is 5.40. The summed E-state index contributed by atoms with van der Waals surface area (Å²) in [6.45, 7) is 4.64. The number of rotatable bonds is 7. The Morgan fingerprint density at radius 3 is 2.75 bits per heavy atom. The van der Waals surface area contributed by atoms with Crippen molar-refractivity contribution in [3.63, 3.8) is 0 Å². The Labute approximate surface area is 142 Å². The lowest BCUT2D eigenvalue weighted by molar-refractivity contribution is 0.174. The molecular weight excluding hydrogens is 306 g/mol. The summed E-state index contributed by atoms with van der Waals surface area (Å²) in [7, 11) is 4.08. The van der Waals surface area contributed by atoms with E-state index in [2.05, 4.69) is 25.5 Å². The Morgan fingerprint density at radius 1 is 1.08 bits per heavy atom. The fraction of sp³-hybridized carbons (Fsp3) is 0.412. The van der Waals surface area contributed by atoms with Gasteiger partial charge in [-0.2, -0.15) is 4.98 Å². The number of hydrogen-bond acceptors (Lipinski definition) is 7. The zero-order valence-electron chi connectivity index (χ0n) is 14.3. The van der Waals surface area contributed by atoms with Gasteiger partial charge in [-0.15, -0.1) is 0 Å². The van der Waals surface area contributed by atoms with Gasteiger partial charge in [0.05, 0.1) is 0 Å². The van der Waals surface area contributed by atoms with E-state index in [0.29, 0.717) is 19.3 Å². The number of likely N-dealkylation sites (N-methyl/N-ethyl adjacent to an activating group) is 1. The van der Waals surface area contributed by atoms with Crippen molar-refractivity contribution in [2.24, 2.45) is 0 Å². The maximum Gasteiger partial charge on any atom is 0.231 e. The molecule has 1 aromatic carbocycles. The Morgan fingerprint density at radius 2 is 1.92 bits per heavy atom. The first kappa shape index (κ1) is 16.3. The van der Waals surface area contributed by atoms with E-state index in [9.17, 15) is 0 Å². The second kappa shape index (κ2) is 7.35. The summed E-state index contributed by atoms with van der Waals surface area (Å²) in [6.07, 6.45) is 0. The molecule has 128 valence electrons. The highest BCUT2D eigenvalue weighted by Crippen LogP contribution is 2.32. The Balaban J connectivity index is 1.61. The van der Waals surface area contributed by atoms with Crippen LogP contribution in [0, 0.1) is 6.92 Å². The number of benzene rings is 1.